The number of benzene rings is 2. The van der Waals surface area contributed by atoms with E-state index in [0.29, 0.717) is 11.3 Å². The van der Waals surface area contributed by atoms with Crippen LogP contribution in [0.1, 0.15) is 30.5 Å². The van der Waals surface area contributed by atoms with Crippen molar-refractivity contribution in [1.29, 1.82) is 0 Å². The minimum Gasteiger partial charge on any atom is -0.484 e. The Balaban J connectivity index is 1.82. The highest BCUT2D eigenvalue weighted by atomic mass is 16.5. The van der Waals surface area contributed by atoms with Gasteiger partial charge in [0, 0.05) is 11.7 Å². The van der Waals surface area contributed by atoms with E-state index < -0.39 is 11.8 Å². The van der Waals surface area contributed by atoms with Crippen molar-refractivity contribution in [2.75, 3.05) is 11.9 Å². The van der Waals surface area contributed by atoms with Crippen LogP contribution in [-0.2, 0) is 14.4 Å². The molecule has 3 amide bonds. The topological polar surface area (TPSA) is 109 Å². The van der Waals surface area contributed by atoms with Gasteiger partial charge in [-0.25, -0.2) is 5.43 Å². The summed E-state index contributed by atoms with van der Waals surface area (Å²) in [5.74, 6) is -1.32. The average Bonchev–Trinajstić information content (AvgIpc) is 2.69. The van der Waals surface area contributed by atoms with Crippen molar-refractivity contribution in [2.24, 2.45) is 5.10 Å². The van der Waals surface area contributed by atoms with E-state index in [1.807, 2.05) is 32.0 Å². The molecule has 0 aliphatic heterocycles. The third-order valence-corrected chi connectivity index (χ3v) is 4.00. The Morgan fingerprint density at radius 2 is 1.63 bits per heavy atom. The number of nitrogens with zero attached hydrogens (tertiary/aromatic N) is 1. The predicted octanol–water partition coefficient (Wildman–Crippen LogP) is 2.30. The summed E-state index contributed by atoms with van der Waals surface area (Å²) in [4.78, 5) is 35.2. The van der Waals surface area contributed by atoms with Crippen LogP contribution in [0.4, 0.5) is 5.69 Å². The molecule has 0 spiro atoms. The predicted molar refractivity (Wildman–Crippen MR) is 115 cm³/mol. The molecule has 0 bridgehead atoms. The molecule has 0 saturated heterocycles. The molecule has 0 unspecified atom stereocenters. The van der Waals surface area contributed by atoms with Gasteiger partial charge in [-0.1, -0.05) is 18.2 Å². The number of carbonyl (C=O) groups is 3. The number of rotatable bonds is 7. The molecule has 0 atom stereocenters. The molecule has 8 heteroatoms. The monoisotopic (exact) mass is 410 g/mol. The summed E-state index contributed by atoms with van der Waals surface area (Å²) < 4.78 is 5.51. The molecule has 8 nitrogen and oxygen atoms in total. The first-order valence-electron chi connectivity index (χ1n) is 9.49. The molecular weight excluding hydrogens is 384 g/mol. The number of hydrazone groups is 1. The first kappa shape index (κ1) is 22.6. The molecule has 3 N–H and O–H groups in total. The Morgan fingerprint density at radius 1 is 1.00 bits per heavy atom. The Labute approximate surface area is 175 Å². The van der Waals surface area contributed by atoms with Crippen molar-refractivity contribution >= 4 is 29.6 Å². The standard InChI is InChI=1S/C22H26N4O4/c1-14(2)24-21(28)22(29)26-23-12-17-8-10-18(11-9-17)30-13-19(27)25-20-15(3)6-5-7-16(20)4/h5-12,14H,13H2,1-4H3,(H,24,28)(H,25,27)(H,26,29)/b23-12-. The fourth-order valence-electron chi connectivity index (χ4n) is 2.53. The van der Waals surface area contributed by atoms with Crippen molar-refractivity contribution in [2.45, 2.75) is 33.7 Å². The van der Waals surface area contributed by atoms with Crippen molar-refractivity contribution in [3.8, 4) is 5.75 Å². The maximum Gasteiger partial charge on any atom is 0.329 e. The van der Waals surface area contributed by atoms with Crippen LogP contribution in [0.15, 0.2) is 47.6 Å². The van der Waals surface area contributed by atoms with E-state index in [0.717, 1.165) is 16.8 Å². The second-order valence-corrected chi connectivity index (χ2v) is 7.00. The first-order valence-corrected chi connectivity index (χ1v) is 9.49. The van der Waals surface area contributed by atoms with Gasteiger partial charge < -0.3 is 15.4 Å². The first-order chi connectivity index (χ1) is 14.3. The number of anilines is 1. The van der Waals surface area contributed by atoms with Crippen molar-refractivity contribution in [1.82, 2.24) is 10.7 Å². The SMILES string of the molecule is Cc1cccc(C)c1NC(=O)COc1ccc(/C=N\NC(=O)C(=O)NC(C)C)cc1. The van der Waals surface area contributed by atoms with Gasteiger partial charge in [-0.3, -0.25) is 14.4 Å². The van der Waals surface area contributed by atoms with Gasteiger partial charge in [0.25, 0.3) is 5.91 Å². The van der Waals surface area contributed by atoms with Crippen molar-refractivity contribution < 1.29 is 19.1 Å². The third kappa shape index (κ3) is 7.05. The molecule has 0 aliphatic carbocycles. The number of amides is 3. The average molecular weight is 410 g/mol. The van der Waals surface area contributed by atoms with E-state index >= 15 is 0 Å². The fraction of sp³-hybridized carbons (Fsp3) is 0.273. The Bertz CT molecular complexity index is 916. The van der Waals surface area contributed by atoms with E-state index in [2.05, 4.69) is 21.2 Å². The van der Waals surface area contributed by atoms with Gasteiger partial charge in [-0.2, -0.15) is 5.10 Å². The van der Waals surface area contributed by atoms with Crippen LogP contribution >= 0.6 is 0 Å². The molecule has 0 aromatic heterocycles. The lowest BCUT2D eigenvalue weighted by molar-refractivity contribution is -0.139. The van der Waals surface area contributed by atoms with Crippen LogP contribution in [0.3, 0.4) is 0 Å². The van der Waals surface area contributed by atoms with Crippen LogP contribution < -0.4 is 20.8 Å². The zero-order valence-corrected chi connectivity index (χ0v) is 17.5. The highest BCUT2D eigenvalue weighted by molar-refractivity contribution is 6.35. The smallest absolute Gasteiger partial charge is 0.329 e. The van der Waals surface area contributed by atoms with E-state index in [4.69, 9.17) is 4.74 Å². The zero-order valence-electron chi connectivity index (χ0n) is 17.5. The molecule has 158 valence electrons. The minimum absolute atomic E-state index is 0.123. The lowest BCUT2D eigenvalue weighted by atomic mass is 10.1. The van der Waals surface area contributed by atoms with Crippen LogP contribution in [0.25, 0.3) is 0 Å². The number of aryl methyl sites for hydroxylation is 2. The minimum atomic E-state index is -0.838. The number of nitrogens with one attached hydrogen (secondary N) is 3. The lowest BCUT2D eigenvalue weighted by Gasteiger charge is -2.12. The molecule has 2 rings (SSSR count). The Hall–Kier alpha value is -3.68. The number of ether oxygens (including phenoxy) is 1. The summed E-state index contributed by atoms with van der Waals surface area (Å²) in [6.45, 7) is 7.25. The van der Waals surface area contributed by atoms with E-state index in [1.165, 1.54) is 6.21 Å². The fourth-order valence-corrected chi connectivity index (χ4v) is 2.53. The van der Waals surface area contributed by atoms with E-state index in [9.17, 15) is 14.4 Å². The maximum atomic E-state index is 12.2. The largest absolute Gasteiger partial charge is 0.484 e. The van der Waals surface area contributed by atoms with Gasteiger partial charge in [0.2, 0.25) is 0 Å². The summed E-state index contributed by atoms with van der Waals surface area (Å²) in [5.41, 5.74) is 5.61. The van der Waals surface area contributed by atoms with E-state index in [1.54, 1.807) is 38.1 Å². The van der Waals surface area contributed by atoms with Gasteiger partial charge in [0.05, 0.1) is 6.21 Å². The van der Waals surface area contributed by atoms with Crippen LogP contribution in [0.2, 0.25) is 0 Å². The quantitative estimate of drug-likeness (QED) is 0.370. The van der Waals surface area contributed by atoms with Gasteiger partial charge >= 0.3 is 11.8 Å². The number of hydrogen-bond donors (Lipinski definition) is 3. The molecule has 0 aliphatic rings. The molecule has 2 aromatic rings. The molecule has 0 heterocycles. The summed E-state index contributed by atoms with van der Waals surface area (Å²) in [6, 6.07) is 12.5. The molecule has 30 heavy (non-hydrogen) atoms. The number of hydrogen-bond acceptors (Lipinski definition) is 5. The van der Waals surface area contributed by atoms with Gasteiger partial charge in [-0.15, -0.1) is 0 Å². The van der Waals surface area contributed by atoms with E-state index in [-0.39, 0.29) is 18.6 Å². The van der Waals surface area contributed by atoms with Gasteiger partial charge in [0.15, 0.2) is 6.61 Å². The molecule has 2 aromatic carbocycles. The van der Waals surface area contributed by atoms with Crippen LogP contribution in [-0.4, -0.2) is 36.6 Å². The Morgan fingerprint density at radius 3 is 2.23 bits per heavy atom. The number of para-hydroxylation sites is 1. The number of carbonyl (C=O) groups excluding carboxylic acids is 3. The van der Waals surface area contributed by atoms with Crippen molar-refractivity contribution in [3.63, 3.8) is 0 Å². The molecule has 0 fully saturated rings. The summed E-state index contributed by atoms with van der Waals surface area (Å²) in [5, 5.41) is 9.08. The zero-order chi connectivity index (χ0) is 22.1. The van der Waals surface area contributed by atoms with Crippen molar-refractivity contribution in [3.05, 3.63) is 59.2 Å². The highest BCUT2D eigenvalue weighted by Crippen LogP contribution is 2.19. The van der Waals surface area contributed by atoms with Crippen LogP contribution in [0, 0.1) is 13.8 Å². The highest BCUT2D eigenvalue weighted by Gasteiger charge is 2.13. The Kier molecular flexibility index (Phi) is 8.10. The van der Waals surface area contributed by atoms with Crippen LogP contribution in [0.5, 0.6) is 5.75 Å². The lowest BCUT2D eigenvalue weighted by Crippen LogP contribution is -2.41. The van der Waals surface area contributed by atoms with Gasteiger partial charge in [-0.05, 0) is 68.7 Å². The second kappa shape index (κ2) is 10.8. The molecular formula is C22H26N4O4. The molecule has 0 radical (unpaired) electrons. The second-order valence-electron chi connectivity index (χ2n) is 7.00. The summed E-state index contributed by atoms with van der Waals surface area (Å²) >= 11 is 0. The van der Waals surface area contributed by atoms with Gasteiger partial charge in [0.1, 0.15) is 5.75 Å². The molecule has 0 saturated carbocycles. The summed E-state index contributed by atoms with van der Waals surface area (Å²) in [7, 11) is 0. The normalized spacial score (nSPS) is 10.7. The summed E-state index contributed by atoms with van der Waals surface area (Å²) in [6.07, 6.45) is 1.40. The maximum absolute atomic E-state index is 12.2. The third-order valence-electron chi connectivity index (χ3n) is 4.00.